The van der Waals surface area contributed by atoms with Crippen molar-refractivity contribution in [2.45, 2.75) is 32.2 Å². The predicted molar refractivity (Wildman–Crippen MR) is 136 cm³/mol. The molecule has 0 bridgehead atoms. The minimum atomic E-state index is -0.366. The molecule has 1 amide bonds. The van der Waals surface area contributed by atoms with Crippen LogP contribution in [-0.2, 0) is 11.3 Å². The number of H-pyrrole nitrogens is 1. The monoisotopic (exact) mass is 487 g/mol. The summed E-state index contributed by atoms with van der Waals surface area (Å²) in [6.07, 6.45) is 5.24. The maximum absolute atomic E-state index is 12.6. The fourth-order valence-corrected chi connectivity index (χ4v) is 4.76. The van der Waals surface area contributed by atoms with E-state index >= 15 is 0 Å². The summed E-state index contributed by atoms with van der Waals surface area (Å²) in [6, 6.07) is 10.1. The van der Waals surface area contributed by atoms with E-state index in [2.05, 4.69) is 37.5 Å². The zero-order valence-corrected chi connectivity index (χ0v) is 20.1. The smallest absolute Gasteiger partial charge is 0.277 e. The van der Waals surface area contributed by atoms with E-state index < -0.39 is 0 Å². The number of piperidine rings is 1. The molecule has 2 saturated heterocycles. The first-order chi connectivity index (χ1) is 17.6. The number of piperazine rings is 1. The zero-order chi connectivity index (χ0) is 24.9. The Hall–Kier alpha value is -4.04. The van der Waals surface area contributed by atoms with Crippen molar-refractivity contribution >= 4 is 34.3 Å². The Balaban J connectivity index is 1.36. The Bertz CT molecular complexity index is 1320. The summed E-state index contributed by atoms with van der Waals surface area (Å²) in [4.78, 5) is 40.1. The number of fused-ring (bicyclic) bond motifs is 1. The van der Waals surface area contributed by atoms with Gasteiger partial charge in [-0.3, -0.25) is 14.5 Å². The number of hydrogen-bond donors (Lipinski definition) is 2. The second-order valence-corrected chi connectivity index (χ2v) is 9.19. The molecule has 2 aliphatic heterocycles. The Morgan fingerprint density at radius 3 is 2.50 bits per heavy atom. The molecule has 2 fully saturated rings. The molecular formula is C25H29N9O2. The van der Waals surface area contributed by atoms with E-state index in [-0.39, 0.29) is 17.9 Å². The lowest BCUT2D eigenvalue weighted by Crippen LogP contribution is -2.49. The minimum Gasteiger partial charge on any atom is -0.339 e. The largest absolute Gasteiger partial charge is 0.339 e. The number of nitriles is 1. The molecule has 0 atom stereocenters. The molecule has 5 rings (SSSR count). The molecule has 2 aromatic heterocycles. The average Bonchev–Trinajstić information content (AvgIpc) is 2.90. The Kier molecular flexibility index (Phi) is 7.04. The Morgan fingerprint density at radius 1 is 1.03 bits per heavy atom. The van der Waals surface area contributed by atoms with Crippen molar-refractivity contribution in [2.24, 2.45) is 0 Å². The van der Waals surface area contributed by atoms with Gasteiger partial charge in [-0.1, -0.05) is 18.6 Å². The van der Waals surface area contributed by atoms with E-state index in [1.807, 2.05) is 23.1 Å². The highest BCUT2D eigenvalue weighted by molar-refractivity contribution is 5.90. The second-order valence-electron chi connectivity index (χ2n) is 9.19. The molecule has 0 unspecified atom stereocenters. The number of carbonyl (C=O) groups excluding carboxylic acids is 1. The van der Waals surface area contributed by atoms with Crippen molar-refractivity contribution in [3.05, 3.63) is 46.4 Å². The van der Waals surface area contributed by atoms with E-state index in [1.54, 1.807) is 4.90 Å². The number of aromatic nitrogens is 4. The van der Waals surface area contributed by atoms with Gasteiger partial charge < -0.3 is 15.1 Å². The summed E-state index contributed by atoms with van der Waals surface area (Å²) in [5.74, 6) is 0.704. The van der Waals surface area contributed by atoms with Crippen LogP contribution >= 0.6 is 0 Å². The fourth-order valence-electron chi connectivity index (χ4n) is 4.76. The van der Waals surface area contributed by atoms with Crippen molar-refractivity contribution in [2.75, 3.05) is 49.5 Å². The van der Waals surface area contributed by atoms with Gasteiger partial charge in [0.25, 0.3) is 5.56 Å². The summed E-state index contributed by atoms with van der Waals surface area (Å²) in [7, 11) is 0. The molecular weight excluding hydrogens is 458 g/mol. The maximum atomic E-state index is 12.6. The number of likely N-dealkylation sites (tertiary alicyclic amines) is 1. The summed E-state index contributed by atoms with van der Waals surface area (Å²) in [6.45, 7) is 5.26. The highest BCUT2D eigenvalue weighted by Crippen LogP contribution is 2.25. The van der Waals surface area contributed by atoms with E-state index in [9.17, 15) is 9.59 Å². The standard InChI is InChI=1S/C25H29N9O2/c26-9-8-21(35)33-12-14-34(15-13-33)25-29-20-16-27-31-24(36)22(20)23(30-25)28-19-6-4-18(5-7-19)17-32-10-2-1-3-11-32/h4-7,16H,1-3,8,10-15,17H2,(H,31,36)(H,28,29,30). The van der Waals surface area contributed by atoms with Gasteiger partial charge in [-0.25, -0.2) is 10.1 Å². The number of rotatable bonds is 6. The molecule has 0 aliphatic carbocycles. The van der Waals surface area contributed by atoms with Crippen LogP contribution in [0.15, 0.2) is 35.3 Å². The number of amides is 1. The van der Waals surface area contributed by atoms with Gasteiger partial charge in [0.15, 0.2) is 0 Å². The minimum absolute atomic E-state index is 0.119. The van der Waals surface area contributed by atoms with Gasteiger partial charge in [-0.05, 0) is 43.6 Å². The van der Waals surface area contributed by atoms with Gasteiger partial charge in [0.05, 0.1) is 12.3 Å². The van der Waals surface area contributed by atoms with Gasteiger partial charge in [0.1, 0.15) is 23.1 Å². The van der Waals surface area contributed by atoms with E-state index in [0.717, 1.165) is 25.3 Å². The van der Waals surface area contributed by atoms with Crippen LogP contribution in [0.3, 0.4) is 0 Å². The molecule has 0 spiro atoms. The lowest BCUT2D eigenvalue weighted by Gasteiger charge is -2.34. The van der Waals surface area contributed by atoms with Crippen LogP contribution in [0.4, 0.5) is 17.5 Å². The number of nitrogens with zero attached hydrogens (tertiary/aromatic N) is 7. The number of aromatic amines is 1. The lowest BCUT2D eigenvalue weighted by molar-refractivity contribution is -0.130. The first-order valence-corrected chi connectivity index (χ1v) is 12.3. The first-order valence-electron chi connectivity index (χ1n) is 12.3. The number of benzene rings is 1. The summed E-state index contributed by atoms with van der Waals surface area (Å²) < 4.78 is 0. The van der Waals surface area contributed by atoms with Crippen molar-refractivity contribution in [3.63, 3.8) is 0 Å². The topological polar surface area (TPSA) is 134 Å². The molecule has 186 valence electrons. The van der Waals surface area contributed by atoms with Crippen molar-refractivity contribution in [1.82, 2.24) is 30.0 Å². The Morgan fingerprint density at radius 2 is 1.78 bits per heavy atom. The quantitative estimate of drug-likeness (QED) is 0.535. The molecule has 3 aromatic rings. The summed E-state index contributed by atoms with van der Waals surface area (Å²) >= 11 is 0. The first kappa shape index (κ1) is 23.7. The van der Waals surface area contributed by atoms with Gasteiger partial charge in [0.2, 0.25) is 11.9 Å². The predicted octanol–water partition coefficient (Wildman–Crippen LogP) is 2.00. The van der Waals surface area contributed by atoms with Crippen molar-refractivity contribution in [1.29, 1.82) is 5.26 Å². The number of hydrogen-bond acceptors (Lipinski definition) is 9. The SMILES string of the molecule is N#CCC(=O)N1CCN(c2nc(Nc3ccc(CN4CCCCC4)cc3)c3c(=O)[nH]ncc3n2)CC1. The molecule has 2 aliphatic rings. The van der Waals surface area contributed by atoms with Crippen LogP contribution in [0.1, 0.15) is 31.2 Å². The van der Waals surface area contributed by atoms with Crippen LogP contribution in [0, 0.1) is 11.3 Å². The van der Waals surface area contributed by atoms with Crippen LogP contribution in [-0.4, -0.2) is 75.1 Å². The second kappa shape index (κ2) is 10.7. The van der Waals surface area contributed by atoms with Crippen LogP contribution < -0.4 is 15.8 Å². The molecule has 36 heavy (non-hydrogen) atoms. The van der Waals surface area contributed by atoms with Gasteiger partial charge in [0, 0.05) is 38.4 Å². The van der Waals surface area contributed by atoms with E-state index in [0.29, 0.717) is 48.8 Å². The van der Waals surface area contributed by atoms with E-state index in [1.165, 1.54) is 31.0 Å². The third-order valence-corrected chi connectivity index (χ3v) is 6.72. The van der Waals surface area contributed by atoms with Crippen LogP contribution in [0.25, 0.3) is 10.9 Å². The number of nitrogens with one attached hydrogen (secondary N) is 2. The molecule has 0 radical (unpaired) electrons. The molecule has 0 saturated carbocycles. The summed E-state index contributed by atoms with van der Waals surface area (Å²) in [5.41, 5.74) is 2.15. The van der Waals surface area contributed by atoms with Crippen molar-refractivity contribution in [3.8, 4) is 6.07 Å². The van der Waals surface area contributed by atoms with Gasteiger partial charge in [-0.2, -0.15) is 15.3 Å². The fraction of sp³-hybridized carbons (Fsp3) is 0.440. The van der Waals surface area contributed by atoms with Crippen molar-refractivity contribution < 1.29 is 4.79 Å². The third kappa shape index (κ3) is 5.28. The summed E-state index contributed by atoms with van der Waals surface area (Å²) in [5, 5.41) is 18.8. The number of anilines is 3. The van der Waals surface area contributed by atoms with Gasteiger partial charge >= 0.3 is 0 Å². The molecule has 1 aromatic carbocycles. The molecule has 11 heteroatoms. The normalized spacial score (nSPS) is 16.6. The molecule has 2 N–H and O–H groups in total. The zero-order valence-electron chi connectivity index (χ0n) is 20.1. The number of carbonyl (C=O) groups is 1. The highest BCUT2D eigenvalue weighted by atomic mass is 16.2. The van der Waals surface area contributed by atoms with Crippen LogP contribution in [0.5, 0.6) is 0 Å². The Labute approximate surface area is 208 Å². The van der Waals surface area contributed by atoms with Crippen LogP contribution in [0.2, 0.25) is 0 Å². The maximum Gasteiger partial charge on any atom is 0.277 e. The molecule has 4 heterocycles. The third-order valence-electron chi connectivity index (χ3n) is 6.72. The van der Waals surface area contributed by atoms with E-state index in [4.69, 9.17) is 10.2 Å². The van der Waals surface area contributed by atoms with Gasteiger partial charge in [-0.15, -0.1) is 0 Å². The highest BCUT2D eigenvalue weighted by Gasteiger charge is 2.24. The molecule has 11 nitrogen and oxygen atoms in total. The lowest BCUT2D eigenvalue weighted by atomic mass is 10.1. The average molecular weight is 488 g/mol.